The molecule has 152 valence electrons. The SMILES string of the molecule is CCCCc1nc2cccc(O)c2n1Cc1ccc(-c2ccccc2C(=O)O)cc1. The van der Waals surface area contributed by atoms with Crippen LogP contribution >= 0.6 is 0 Å². The molecule has 4 aromatic rings. The summed E-state index contributed by atoms with van der Waals surface area (Å²) in [5, 5.41) is 19.9. The maximum absolute atomic E-state index is 11.5. The third-order valence-corrected chi connectivity index (χ3v) is 5.34. The molecule has 0 radical (unpaired) electrons. The monoisotopic (exact) mass is 400 g/mol. The van der Waals surface area contributed by atoms with Crippen LogP contribution in [0.2, 0.25) is 0 Å². The Hall–Kier alpha value is -3.60. The van der Waals surface area contributed by atoms with Crippen molar-refractivity contribution in [1.82, 2.24) is 9.55 Å². The second-order valence-corrected chi connectivity index (χ2v) is 7.41. The van der Waals surface area contributed by atoms with Gasteiger partial charge in [0, 0.05) is 13.0 Å². The van der Waals surface area contributed by atoms with Crippen molar-refractivity contribution in [2.24, 2.45) is 0 Å². The number of fused-ring (bicyclic) bond motifs is 1. The summed E-state index contributed by atoms with van der Waals surface area (Å²) in [5.74, 6) is 0.263. The summed E-state index contributed by atoms with van der Waals surface area (Å²) in [5.41, 5.74) is 4.47. The van der Waals surface area contributed by atoms with E-state index in [1.54, 1.807) is 18.2 Å². The second kappa shape index (κ2) is 8.41. The van der Waals surface area contributed by atoms with Gasteiger partial charge in [-0.3, -0.25) is 0 Å². The summed E-state index contributed by atoms with van der Waals surface area (Å²) in [6, 6.07) is 20.3. The Morgan fingerprint density at radius 3 is 2.50 bits per heavy atom. The third kappa shape index (κ3) is 3.79. The number of carboxylic acids is 1. The molecule has 0 aliphatic carbocycles. The zero-order valence-corrected chi connectivity index (χ0v) is 16.9. The van der Waals surface area contributed by atoms with Crippen molar-refractivity contribution in [3.8, 4) is 16.9 Å². The minimum Gasteiger partial charge on any atom is -0.506 e. The fraction of sp³-hybridized carbons (Fsp3) is 0.200. The molecular formula is C25H24N2O3. The number of unbranched alkanes of at least 4 members (excludes halogenated alkanes) is 1. The molecule has 0 aliphatic rings. The molecule has 5 nitrogen and oxygen atoms in total. The third-order valence-electron chi connectivity index (χ3n) is 5.34. The van der Waals surface area contributed by atoms with Crippen molar-refractivity contribution in [3.63, 3.8) is 0 Å². The number of hydrogen-bond donors (Lipinski definition) is 2. The molecule has 5 heteroatoms. The fourth-order valence-corrected chi connectivity index (χ4v) is 3.80. The highest BCUT2D eigenvalue weighted by Crippen LogP contribution is 2.28. The normalized spacial score (nSPS) is 11.1. The largest absolute Gasteiger partial charge is 0.506 e. The highest BCUT2D eigenvalue weighted by Gasteiger charge is 2.15. The van der Waals surface area contributed by atoms with E-state index in [4.69, 9.17) is 4.98 Å². The molecule has 4 rings (SSSR count). The number of para-hydroxylation sites is 1. The molecule has 0 aliphatic heterocycles. The first kappa shape index (κ1) is 19.7. The minimum atomic E-state index is -0.935. The number of aromatic hydroxyl groups is 1. The minimum absolute atomic E-state index is 0.231. The molecule has 0 fully saturated rings. The number of carboxylic acid groups (broad SMARTS) is 1. The highest BCUT2D eigenvalue weighted by atomic mass is 16.4. The average molecular weight is 400 g/mol. The van der Waals surface area contributed by atoms with E-state index < -0.39 is 5.97 Å². The van der Waals surface area contributed by atoms with Crippen LogP contribution < -0.4 is 0 Å². The molecule has 2 N–H and O–H groups in total. The molecule has 3 aromatic carbocycles. The predicted molar refractivity (Wildman–Crippen MR) is 118 cm³/mol. The molecule has 0 saturated heterocycles. The maximum Gasteiger partial charge on any atom is 0.336 e. The first-order valence-electron chi connectivity index (χ1n) is 10.2. The van der Waals surface area contributed by atoms with Gasteiger partial charge in [-0.25, -0.2) is 9.78 Å². The summed E-state index contributed by atoms with van der Waals surface area (Å²) in [7, 11) is 0. The lowest BCUT2D eigenvalue weighted by molar-refractivity contribution is 0.0697. The topological polar surface area (TPSA) is 75.4 Å². The zero-order valence-electron chi connectivity index (χ0n) is 16.9. The van der Waals surface area contributed by atoms with Crippen LogP contribution in [-0.2, 0) is 13.0 Å². The van der Waals surface area contributed by atoms with Crippen LogP contribution in [0.5, 0.6) is 5.75 Å². The Morgan fingerprint density at radius 2 is 1.77 bits per heavy atom. The molecule has 0 amide bonds. The van der Waals surface area contributed by atoms with Gasteiger partial charge in [0.2, 0.25) is 0 Å². The molecule has 0 saturated carbocycles. The number of nitrogens with zero attached hydrogens (tertiary/aromatic N) is 2. The van der Waals surface area contributed by atoms with Gasteiger partial charge in [-0.05, 0) is 41.3 Å². The van der Waals surface area contributed by atoms with Gasteiger partial charge in [-0.15, -0.1) is 0 Å². The van der Waals surface area contributed by atoms with Crippen molar-refractivity contribution in [3.05, 3.63) is 83.7 Å². The smallest absolute Gasteiger partial charge is 0.336 e. The molecular weight excluding hydrogens is 376 g/mol. The molecule has 0 atom stereocenters. The number of phenolic OH excluding ortho intramolecular Hbond substituents is 1. The van der Waals surface area contributed by atoms with Crippen molar-refractivity contribution < 1.29 is 15.0 Å². The van der Waals surface area contributed by atoms with Crippen LogP contribution in [0, 0.1) is 0 Å². The van der Waals surface area contributed by atoms with Gasteiger partial charge < -0.3 is 14.8 Å². The van der Waals surface area contributed by atoms with Gasteiger partial charge in [0.25, 0.3) is 0 Å². The van der Waals surface area contributed by atoms with Gasteiger partial charge >= 0.3 is 5.97 Å². The summed E-state index contributed by atoms with van der Waals surface area (Å²) >= 11 is 0. The summed E-state index contributed by atoms with van der Waals surface area (Å²) in [4.78, 5) is 16.3. The quantitative estimate of drug-likeness (QED) is 0.430. The number of aryl methyl sites for hydroxylation is 1. The predicted octanol–water partition coefficient (Wildman–Crippen LogP) is 5.50. The summed E-state index contributed by atoms with van der Waals surface area (Å²) in [6.45, 7) is 2.74. The molecule has 30 heavy (non-hydrogen) atoms. The number of aromatic carboxylic acids is 1. The van der Waals surface area contributed by atoms with E-state index in [-0.39, 0.29) is 11.3 Å². The standard InChI is InChI=1S/C25H24N2O3/c1-2-3-11-23-26-21-9-6-10-22(28)24(21)27(23)16-17-12-14-18(15-13-17)19-7-4-5-8-20(19)25(29)30/h4-10,12-15,28H,2-3,11,16H2,1H3,(H,29,30). The van der Waals surface area contributed by atoms with Crippen molar-refractivity contribution in [2.75, 3.05) is 0 Å². The van der Waals surface area contributed by atoms with E-state index in [9.17, 15) is 15.0 Å². The molecule has 1 heterocycles. The number of benzene rings is 3. The van der Waals surface area contributed by atoms with Crippen LogP contribution in [-0.4, -0.2) is 25.7 Å². The average Bonchev–Trinajstić information content (AvgIpc) is 3.11. The number of imidazole rings is 1. The highest BCUT2D eigenvalue weighted by molar-refractivity contribution is 5.96. The summed E-state index contributed by atoms with van der Waals surface area (Å²) < 4.78 is 2.08. The Kier molecular flexibility index (Phi) is 5.53. The number of rotatable bonds is 7. The van der Waals surface area contributed by atoms with Crippen LogP contribution in [0.1, 0.15) is 41.5 Å². The molecule has 1 aromatic heterocycles. The van der Waals surface area contributed by atoms with Gasteiger partial charge in [-0.1, -0.05) is 61.9 Å². The van der Waals surface area contributed by atoms with E-state index in [1.165, 1.54) is 0 Å². The van der Waals surface area contributed by atoms with Crippen LogP contribution in [0.3, 0.4) is 0 Å². The van der Waals surface area contributed by atoms with Crippen LogP contribution in [0.4, 0.5) is 0 Å². The van der Waals surface area contributed by atoms with E-state index in [1.807, 2.05) is 48.5 Å². The number of carbonyl (C=O) groups is 1. The van der Waals surface area contributed by atoms with Crippen molar-refractivity contribution in [2.45, 2.75) is 32.7 Å². The van der Waals surface area contributed by atoms with Gasteiger partial charge in [0.15, 0.2) is 0 Å². The van der Waals surface area contributed by atoms with Crippen LogP contribution in [0.15, 0.2) is 66.7 Å². The van der Waals surface area contributed by atoms with E-state index in [0.29, 0.717) is 12.1 Å². The number of aromatic nitrogens is 2. The Balaban J connectivity index is 1.69. The fourth-order valence-electron chi connectivity index (χ4n) is 3.80. The van der Waals surface area contributed by atoms with Crippen molar-refractivity contribution in [1.29, 1.82) is 0 Å². The first-order valence-corrected chi connectivity index (χ1v) is 10.2. The van der Waals surface area contributed by atoms with Crippen molar-refractivity contribution >= 4 is 17.0 Å². The van der Waals surface area contributed by atoms with Crippen LogP contribution in [0.25, 0.3) is 22.2 Å². The van der Waals surface area contributed by atoms with Gasteiger partial charge in [0.1, 0.15) is 17.1 Å². The zero-order chi connectivity index (χ0) is 21.1. The lowest BCUT2D eigenvalue weighted by atomic mass is 9.99. The van der Waals surface area contributed by atoms with Gasteiger partial charge in [-0.2, -0.15) is 0 Å². The molecule has 0 unspecified atom stereocenters. The maximum atomic E-state index is 11.5. The van der Waals surface area contributed by atoms with E-state index >= 15 is 0 Å². The second-order valence-electron chi connectivity index (χ2n) is 7.41. The lowest BCUT2D eigenvalue weighted by Gasteiger charge is -2.11. The summed E-state index contributed by atoms with van der Waals surface area (Å²) in [6.07, 6.45) is 2.97. The Labute approximate surface area is 175 Å². The Bertz CT molecular complexity index is 1190. The van der Waals surface area contributed by atoms with Gasteiger partial charge in [0.05, 0.1) is 11.1 Å². The lowest BCUT2D eigenvalue weighted by Crippen LogP contribution is -2.05. The number of hydrogen-bond acceptors (Lipinski definition) is 3. The van der Waals surface area contributed by atoms with E-state index in [2.05, 4.69) is 11.5 Å². The van der Waals surface area contributed by atoms with E-state index in [0.717, 1.165) is 47.2 Å². The first-order chi connectivity index (χ1) is 14.6. The molecule has 0 spiro atoms. The number of phenols is 1. The Morgan fingerprint density at radius 1 is 1.00 bits per heavy atom. The molecule has 0 bridgehead atoms.